The van der Waals surface area contributed by atoms with Crippen LogP contribution in [-0.4, -0.2) is 19.8 Å². The van der Waals surface area contributed by atoms with E-state index >= 15 is 0 Å². The number of halogens is 1. The summed E-state index contributed by atoms with van der Waals surface area (Å²) in [6.45, 7) is 3.12. The maximum Gasteiger partial charge on any atom is 0.126 e. The highest BCUT2D eigenvalue weighted by Gasteiger charge is 2.52. The fourth-order valence-electron chi connectivity index (χ4n) is 4.23. The van der Waals surface area contributed by atoms with Crippen LogP contribution in [0.15, 0.2) is 60.7 Å². The fraction of sp³-hybridized carbons (Fsp3) is 0.333. The lowest BCUT2D eigenvalue weighted by atomic mass is 10.0. The molecule has 3 aromatic rings. The zero-order chi connectivity index (χ0) is 18.9. The molecule has 2 unspecified atom stereocenters. The highest BCUT2D eigenvalue weighted by atomic mass is 35.5. The van der Waals surface area contributed by atoms with E-state index in [4.69, 9.17) is 9.47 Å². The smallest absolute Gasteiger partial charge is 0.126 e. The molecule has 4 heteroatoms. The predicted molar refractivity (Wildman–Crippen MR) is 118 cm³/mol. The van der Waals surface area contributed by atoms with E-state index in [2.05, 4.69) is 66.8 Å². The van der Waals surface area contributed by atoms with E-state index in [0.29, 0.717) is 5.92 Å². The van der Waals surface area contributed by atoms with E-state index in [1.165, 1.54) is 22.9 Å². The summed E-state index contributed by atoms with van der Waals surface area (Å²) in [6.07, 6.45) is 2.33. The zero-order valence-corrected chi connectivity index (χ0v) is 17.5. The van der Waals surface area contributed by atoms with Gasteiger partial charge in [-0.05, 0) is 53.6 Å². The SMILES string of the molecule is CCC1(NCc2ccc(OC)c3ccc(OC)cc23)CC1c1ccccc1.Cl. The van der Waals surface area contributed by atoms with Crippen LogP contribution in [0.1, 0.15) is 36.8 Å². The van der Waals surface area contributed by atoms with Crippen molar-refractivity contribution >= 4 is 23.2 Å². The molecule has 1 aliphatic carbocycles. The van der Waals surface area contributed by atoms with Gasteiger partial charge in [-0.1, -0.05) is 43.3 Å². The van der Waals surface area contributed by atoms with Crippen molar-refractivity contribution in [1.82, 2.24) is 5.32 Å². The summed E-state index contributed by atoms with van der Waals surface area (Å²) in [6, 6.07) is 21.3. The summed E-state index contributed by atoms with van der Waals surface area (Å²) >= 11 is 0. The Balaban J connectivity index is 0.00000225. The van der Waals surface area contributed by atoms with E-state index in [0.717, 1.165) is 29.9 Å². The normalized spacial score (nSPS) is 20.5. The Morgan fingerprint density at radius 1 is 0.964 bits per heavy atom. The Bertz CT molecular complexity index is 944. The average molecular weight is 398 g/mol. The van der Waals surface area contributed by atoms with Crippen LogP contribution >= 0.6 is 12.4 Å². The van der Waals surface area contributed by atoms with Crippen LogP contribution in [0.5, 0.6) is 11.5 Å². The van der Waals surface area contributed by atoms with Crippen molar-refractivity contribution in [3.63, 3.8) is 0 Å². The number of hydrogen-bond donors (Lipinski definition) is 1. The Morgan fingerprint density at radius 2 is 1.75 bits per heavy atom. The number of hydrogen-bond acceptors (Lipinski definition) is 3. The molecule has 0 amide bonds. The summed E-state index contributed by atoms with van der Waals surface area (Å²) in [5, 5.41) is 6.18. The number of methoxy groups -OCH3 is 2. The van der Waals surface area contributed by atoms with Crippen molar-refractivity contribution in [1.29, 1.82) is 0 Å². The molecule has 0 aromatic heterocycles. The largest absolute Gasteiger partial charge is 0.497 e. The van der Waals surface area contributed by atoms with Gasteiger partial charge in [-0.2, -0.15) is 0 Å². The van der Waals surface area contributed by atoms with Crippen LogP contribution in [0.25, 0.3) is 10.8 Å². The quantitative estimate of drug-likeness (QED) is 0.554. The maximum atomic E-state index is 5.55. The van der Waals surface area contributed by atoms with Crippen LogP contribution in [0.3, 0.4) is 0 Å². The third kappa shape index (κ3) is 3.69. The first kappa shape index (κ1) is 20.5. The fourth-order valence-corrected chi connectivity index (χ4v) is 4.23. The first-order valence-corrected chi connectivity index (χ1v) is 9.64. The standard InChI is InChI=1S/C24H27NO2.ClH/c1-4-24(15-22(24)17-8-6-5-7-9-17)25-16-18-10-13-23(27-3)20-12-11-19(26-2)14-21(18)20;/h5-14,22,25H,4,15-16H2,1-3H3;1H. The lowest BCUT2D eigenvalue weighted by Gasteiger charge is -2.19. The van der Waals surface area contributed by atoms with E-state index in [1.807, 2.05) is 6.07 Å². The highest BCUT2D eigenvalue weighted by Crippen LogP contribution is 2.53. The van der Waals surface area contributed by atoms with Gasteiger partial charge in [0, 0.05) is 23.4 Å². The number of nitrogens with one attached hydrogen (secondary N) is 1. The number of benzene rings is 3. The summed E-state index contributed by atoms with van der Waals surface area (Å²) in [5.41, 5.74) is 2.91. The van der Waals surface area contributed by atoms with E-state index < -0.39 is 0 Å². The van der Waals surface area contributed by atoms with Gasteiger partial charge in [0.05, 0.1) is 14.2 Å². The molecule has 0 spiro atoms. The van der Waals surface area contributed by atoms with E-state index in [9.17, 15) is 0 Å². The third-order valence-electron chi connectivity index (χ3n) is 6.03. The van der Waals surface area contributed by atoms with Crippen molar-refractivity contribution in [2.75, 3.05) is 14.2 Å². The number of fused-ring (bicyclic) bond motifs is 1. The van der Waals surface area contributed by atoms with Crippen LogP contribution < -0.4 is 14.8 Å². The van der Waals surface area contributed by atoms with Crippen molar-refractivity contribution in [3.8, 4) is 11.5 Å². The second-order valence-electron chi connectivity index (χ2n) is 7.37. The van der Waals surface area contributed by atoms with Crippen LogP contribution in [-0.2, 0) is 6.54 Å². The first-order chi connectivity index (χ1) is 13.2. The monoisotopic (exact) mass is 397 g/mol. The minimum atomic E-state index is 0. The molecule has 0 bridgehead atoms. The molecule has 1 N–H and O–H groups in total. The molecular weight excluding hydrogens is 370 g/mol. The van der Waals surface area contributed by atoms with Gasteiger partial charge < -0.3 is 14.8 Å². The molecule has 0 saturated heterocycles. The van der Waals surface area contributed by atoms with Gasteiger partial charge in [0.1, 0.15) is 11.5 Å². The molecule has 1 fully saturated rings. The van der Waals surface area contributed by atoms with Crippen molar-refractivity contribution in [2.24, 2.45) is 0 Å². The predicted octanol–water partition coefficient (Wildman–Crippen LogP) is 5.70. The molecule has 4 rings (SSSR count). The Hall–Kier alpha value is -2.23. The van der Waals surface area contributed by atoms with Gasteiger partial charge in [0.2, 0.25) is 0 Å². The number of rotatable bonds is 7. The van der Waals surface area contributed by atoms with E-state index in [1.54, 1.807) is 14.2 Å². The molecule has 148 valence electrons. The van der Waals surface area contributed by atoms with Gasteiger partial charge in [-0.3, -0.25) is 0 Å². The van der Waals surface area contributed by atoms with Gasteiger partial charge in [-0.15, -0.1) is 12.4 Å². The molecule has 3 aromatic carbocycles. The molecule has 1 aliphatic rings. The first-order valence-electron chi connectivity index (χ1n) is 9.64. The zero-order valence-electron chi connectivity index (χ0n) is 16.7. The van der Waals surface area contributed by atoms with Gasteiger partial charge in [-0.25, -0.2) is 0 Å². The minimum absolute atomic E-state index is 0. The van der Waals surface area contributed by atoms with Crippen LogP contribution in [0.2, 0.25) is 0 Å². The summed E-state index contributed by atoms with van der Waals surface area (Å²) in [7, 11) is 3.43. The van der Waals surface area contributed by atoms with Crippen molar-refractivity contribution < 1.29 is 9.47 Å². The summed E-state index contributed by atoms with van der Waals surface area (Å²) in [5.74, 6) is 2.37. The average Bonchev–Trinajstić information content (AvgIpc) is 3.47. The van der Waals surface area contributed by atoms with Gasteiger partial charge in [0.15, 0.2) is 0 Å². The summed E-state index contributed by atoms with van der Waals surface area (Å²) in [4.78, 5) is 0. The van der Waals surface area contributed by atoms with Crippen LogP contribution in [0, 0.1) is 0 Å². The highest BCUT2D eigenvalue weighted by molar-refractivity contribution is 5.92. The molecule has 3 nitrogen and oxygen atoms in total. The van der Waals surface area contributed by atoms with Gasteiger partial charge in [0.25, 0.3) is 0 Å². The molecule has 1 saturated carbocycles. The minimum Gasteiger partial charge on any atom is -0.497 e. The summed E-state index contributed by atoms with van der Waals surface area (Å²) < 4.78 is 11.0. The lowest BCUT2D eigenvalue weighted by Crippen LogP contribution is -2.32. The molecule has 0 heterocycles. The van der Waals surface area contributed by atoms with Crippen molar-refractivity contribution in [3.05, 3.63) is 71.8 Å². The third-order valence-corrected chi connectivity index (χ3v) is 6.03. The second kappa shape index (κ2) is 8.42. The molecule has 2 atom stereocenters. The second-order valence-corrected chi connectivity index (χ2v) is 7.37. The number of ether oxygens (including phenoxy) is 2. The Kier molecular flexibility index (Phi) is 6.17. The Morgan fingerprint density at radius 3 is 2.43 bits per heavy atom. The molecule has 28 heavy (non-hydrogen) atoms. The maximum absolute atomic E-state index is 5.55. The van der Waals surface area contributed by atoms with Gasteiger partial charge >= 0.3 is 0 Å². The molecule has 0 radical (unpaired) electrons. The van der Waals surface area contributed by atoms with E-state index in [-0.39, 0.29) is 17.9 Å². The topological polar surface area (TPSA) is 30.5 Å². The molecule has 0 aliphatic heterocycles. The Labute approximate surface area is 173 Å². The lowest BCUT2D eigenvalue weighted by molar-refractivity contribution is 0.414. The van der Waals surface area contributed by atoms with Crippen LogP contribution in [0.4, 0.5) is 0 Å². The van der Waals surface area contributed by atoms with Crippen molar-refractivity contribution in [2.45, 2.75) is 37.8 Å². The molecular formula is C24H28ClNO2.